The summed E-state index contributed by atoms with van der Waals surface area (Å²) in [4.78, 5) is 30.9. The van der Waals surface area contributed by atoms with Crippen molar-refractivity contribution in [1.29, 1.82) is 0 Å². The standard InChI is InChI=1S/C17H22N2O4/c1-17(2,3)15(21)12-13(11-7-5-6-8-18-11)19(9-10-23-4)16(22)14(12)20/h5-8,13,20H,9-10H2,1-4H3. The quantitative estimate of drug-likeness (QED) is 0.898. The number of carbonyl (C=O) groups is 2. The first-order chi connectivity index (χ1) is 10.8. The summed E-state index contributed by atoms with van der Waals surface area (Å²) in [5.41, 5.74) is -0.0561. The normalized spacial score (nSPS) is 18.7. The Bertz CT molecular complexity index is 632. The molecule has 1 N–H and O–H groups in total. The fraction of sp³-hybridized carbons (Fsp3) is 0.471. The van der Waals surface area contributed by atoms with Crippen LogP contribution < -0.4 is 0 Å². The molecule has 1 aromatic rings. The van der Waals surface area contributed by atoms with Gasteiger partial charge in [-0.05, 0) is 12.1 Å². The van der Waals surface area contributed by atoms with E-state index in [-0.39, 0.29) is 17.9 Å². The predicted molar refractivity (Wildman–Crippen MR) is 84.7 cm³/mol. The molecule has 1 aliphatic heterocycles. The second-order valence-corrected chi connectivity index (χ2v) is 6.49. The zero-order chi connectivity index (χ0) is 17.2. The zero-order valence-electron chi connectivity index (χ0n) is 13.9. The molecule has 2 heterocycles. The van der Waals surface area contributed by atoms with Crippen LogP contribution in [-0.2, 0) is 14.3 Å². The third kappa shape index (κ3) is 3.27. The number of carbonyl (C=O) groups excluding carboxylic acids is 2. The minimum atomic E-state index is -0.714. The van der Waals surface area contributed by atoms with Crippen molar-refractivity contribution in [2.75, 3.05) is 20.3 Å². The molecule has 0 saturated carbocycles. The Morgan fingerprint density at radius 2 is 2.09 bits per heavy atom. The molecular formula is C17H22N2O4. The van der Waals surface area contributed by atoms with Crippen molar-refractivity contribution >= 4 is 11.7 Å². The Balaban J connectivity index is 2.52. The highest BCUT2D eigenvalue weighted by atomic mass is 16.5. The molecule has 0 bridgehead atoms. The fourth-order valence-corrected chi connectivity index (χ4v) is 2.56. The SMILES string of the molecule is COCCN1C(=O)C(O)=C(C(=O)C(C)(C)C)C1c1ccccn1. The summed E-state index contributed by atoms with van der Waals surface area (Å²) >= 11 is 0. The van der Waals surface area contributed by atoms with E-state index in [9.17, 15) is 14.7 Å². The summed E-state index contributed by atoms with van der Waals surface area (Å²) in [6.45, 7) is 5.84. The maximum absolute atomic E-state index is 12.8. The summed E-state index contributed by atoms with van der Waals surface area (Å²) in [6.07, 6.45) is 1.60. The van der Waals surface area contributed by atoms with Gasteiger partial charge in [0.05, 0.1) is 17.9 Å². The van der Waals surface area contributed by atoms with E-state index in [0.29, 0.717) is 12.3 Å². The summed E-state index contributed by atoms with van der Waals surface area (Å²) in [7, 11) is 1.53. The van der Waals surface area contributed by atoms with Crippen LogP contribution in [0.4, 0.5) is 0 Å². The second kappa shape index (κ2) is 6.50. The van der Waals surface area contributed by atoms with Gasteiger partial charge in [0.15, 0.2) is 11.5 Å². The Hall–Kier alpha value is -2.21. The van der Waals surface area contributed by atoms with Crippen LogP contribution in [0, 0.1) is 5.41 Å². The van der Waals surface area contributed by atoms with E-state index in [1.165, 1.54) is 12.0 Å². The zero-order valence-corrected chi connectivity index (χ0v) is 13.9. The molecule has 0 radical (unpaired) electrons. The lowest BCUT2D eigenvalue weighted by Crippen LogP contribution is -2.35. The summed E-state index contributed by atoms with van der Waals surface area (Å²) in [6, 6.07) is 4.60. The Morgan fingerprint density at radius 1 is 1.39 bits per heavy atom. The van der Waals surface area contributed by atoms with Gasteiger partial charge in [0.1, 0.15) is 6.04 Å². The number of pyridine rings is 1. The Morgan fingerprint density at radius 3 is 2.61 bits per heavy atom. The molecular weight excluding hydrogens is 296 g/mol. The molecule has 124 valence electrons. The number of hydrogen-bond acceptors (Lipinski definition) is 5. The maximum Gasteiger partial charge on any atom is 0.290 e. The Kier molecular flexibility index (Phi) is 4.85. The lowest BCUT2D eigenvalue weighted by molar-refractivity contribution is -0.130. The van der Waals surface area contributed by atoms with Gasteiger partial charge in [0.25, 0.3) is 5.91 Å². The summed E-state index contributed by atoms with van der Waals surface area (Å²) in [5, 5.41) is 10.3. The number of nitrogens with zero attached hydrogens (tertiary/aromatic N) is 2. The van der Waals surface area contributed by atoms with Crippen LogP contribution in [0.5, 0.6) is 0 Å². The van der Waals surface area contributed by atoms with E-state index >= 15 is 0 Å². The van der Waals surface area contributed by atoms with E-state index in [1.807, 2.05) is 0 Å². The van der Waals surface area contributed by atoms with Crippen molar-refractivity contribution in [3.8, 4) is 0 Å². The molecule has 1 atom stereocenters. The molecule has 23 heavy (non-hydrogen) atoms. The molecule has 0 fully saturated rings. The number of ketones is 1. The van der Waals surface area contributed by atoms with E-state index in [2.05, 4.69) is 4.98 Å². The average molecular weight is 318 g/mol. The molecule has 1 amide bonds. The van der Waals surface area contributed by atoms with Gasteiger partial charge >= 0.3 is 0 Å². The molecule has 0 spiro atoms. The molecule has 0 saturated heterocycles. The molecule has 2 rings (SSSR count). The van der Waals surface area contributed by atoms with Gasteiger partial charge < -0.3 is 14.7 Å². The molecule has 6 heteroatoms. The van der Waals surface area contributed by atoms with Crippen molar-refractivity contribution in [2.24, 2.45) is 5.41 Å². The van der Waals surface area contributed by atoms with E-state index in [1.54, 1.807) is 45.2 Å². The third-order valence-corrected chi connectivity index (χ3v) is 3.73. The topological polar surface area (TPSA) is 79.7 Å². The molecule has 0 aliphatic carbocycles. The van der Waals surface area contributed by atoms with Crippen molar-refractivity contribution in [2.45, 2.75) is 26.8 Å². The van der Waals surface area contributed by atoms with Gasteiger partial charge in [-0.15, -0.1) is 0 Å². The molecule has 1 aromatic heterocycles. The van der Waals surface area contributed by atoms with Crippen LogP contribution in [-0.4, -0.2) is 46.9 Å². The number of ether oxygens (including phenoxy) is 1. The van der Waals surface area contributed by atoms with Crippen LogP contribution in [0.2, 0.25) is 0 Å². The number of amides is 1. The smallest absolute Gasteiger partial charge is 0.290 e. The minimum absolute atomic E-state index is 0.109. The minimum Gasteiger partial charge on any atom is -0.503 e. The van der Waals surface area contributed by atoms with Crippen LogP contribution in [0.3, 0.4) is 0 Å². The number of Topliss-reactive ketones (excluding diaryl/α,β-unsaturated/α-hetero) is 1. The number of aliphatic hydroxyl groups is 1. The van der Waals surface area contributed by atoms with E-state index < -0.39 is 23.1 Å². The fourth-order valence-electron chi connectivity index (χ4n) is 2.56. The van der Waals surface area contributed by atoms with Gasteiger partial charge in [-0.1, -0.05) is 26.8 Å². The molecule has 1 unspecified atom stereocenters. The largest absolute Gasteiger partial charge is 0.503 e. The molecule has 6 nitrogen and oxygen atoms in total. The van der Waals surface area contributed by atoms with Crippen molar-refractivity contribution < 1.29 is 19.4 Å². The van der Waals surface area contributed by atoms with Gasteiger partial charge in [0.2, 0.25) is 0 Å². The van der Waals surface area contributed by atoms with E-state index in [4.69, 9.17) is 4.74 Å². The van der Waals surface area contributed by atoms with E-state index in [0.717, 1.165) is 0 Å². The van der Waals surface area contributed by atoms with Crippen LogP contribution in [0.25, 0.3) is 0 Å². The highest BCUT2D eigenvalue weighted by Crippen LogP contribution is 2.39. The summed E-state index contributed by atoms with van der Waals surface area (Å²) in [5.74, 6) is -1.32. The number of hydrogen-bond donors (Lipinski definition) is 1. The third-order valence-electron chi connectivity index (χ3n) is 3.73. The summed E-state index contributed by atoms with van der Waals surface area (Å²) < 4.78 is 5.04. The first-order valence-corrected chi connectivity index (χ1v) is 7.47. The lowest BCUT2D eigenvalue weighted by Gasteiger charge is -2.27. The first-order valence-electron chi connectivity index (χ1n) is 7.47. The van der Waals surface area contributed by atoms with Crippen molar-refractivity contribution in [3.63, 3.8) is 0 Å². The van der Waals surface area contributed by atoms with Crippen LogP contribution in [0.15, 0.2) is 35.7 Å². The number of rotatable bonds is 5. The van der Waals surface area contributed by atoms with Crippen molar-refractivity contribution in [3.05, 3.63) is 41.4 Å². The number of methoxy groups -OCH3 is 1. The average Bonchev–Trinajstić information content (AvgIpc) is 2.76. The van der Waals surface area contributed by atoms with Gasteiger partial charge in [-0.2, -0.15) is 0 Å². The highest BCUT2D eigenvalue weighted by Gasteiger charge is 2.46. The van der Waals surface area contributed by atoms with Gasteiger partial charge in [-0.3, -0.25) is 14.6 Å². The number of aromatic nitrogens is 1. The number of aliphatic hydroxyl groups excluding tert-OH is 1. The van der Waals surface area contributed by atoms with Crippen LogP contribution in [0.1, 0.15) is 32.5 Å². The van der Waals surface area contributed by atoms with Crippen LogP contribution >= 0.6 is 0 Å². The lowest BCUT2D eigenvalue weighted by atomic mass is 9.83. The predicted octanol–water partition coefficient (Wildman–Crippen LogP) is 2.04. The van der Waals surface area contributed by atoms with Gasteiger partial charge in [0, 0.05) is 25.3 Å². The van der Waals surface area contributed by atoms with Gasteiger partial charge in [-0.25, -0.2) is 0 Å². The molecule has 0 aromatic carbocycles. The molecule has 1 aliphatic rings. The monoisotopic (exact) mass is 318 g/mol. The highest BCUT2D eigenvalue weighted by molar-refractivity contribution is 6.10. The second-order valence-electron chi connectivity index (χ2n) is 6.49. The maximum atomic E-state index is 12.8. The Labute approximate surface area is 135 Å². The first kappa shape index (κ1) is 17.1. The van der Waals surface area contributed by atoms with Crippen molar-refractivity contribution in [1.82, 2.24) is 9.88 Å².